The van der Waals surface area contributed by atoms with Gasteiger partial charge in [0.25, 0.3) is 0 Å². The SMILES string of the molecule is CCCC(=O)N(Cc1ccccc1)[C@@H](Cc1ccccc1)C(=O)NCc1ccc2c(c1)OCO2. The molecule has 0 radical (unpaired) electrons. The van der Waals surface area contributed by atoms with E-state index in [0.717, 1.165) is 23.1 Å². The highest BCUT2D eigenvalue weighted by molar-refractivity contribution is 5.88. The number of rotatable bonds is 10. The number of nitrogens with zero attached hydrogens (tertiary/aromatic N) is 1. The van der Waals surface area contributed by atoms with Crippen molar-refractivity contribution >= 4 is 11.8 Å². The fourth-order valence-electron chi connectivity index (χ4n) is 4.05. The lowest BCUT2D eigenvalue weighted by molar-refractivity contribution is -0.141. The summed E-state index contributed by atoms with van der Waals surface area (Å²) in [4.78, 5) is 28.5. The Morgan fingerprint density at radius 2 is 1.56 bits per heavy atom. The van der Waals surface area contributed by atoms with Gasteiger partial charge >= 0.3 is 0 Å². The molecule has 0 spiro atoms. The minimum Gasteiger partial charge on any atom is -0.454 e. The monoisotopic (exact) mass is 458 g/mol. The molecule has 6 nitrogen and oxygen atoms in total. The molecule has 1 heterocycles. The van der Waals surface area contributed by atoms with Crippen LogP contribution in [0.2, 0.25) is 0 Å². The molecule has 0 fully saturated rings. The van der Waals surface area contributed by atoms with Crippen LogP contribution in [0.15, 0.2) is 78.9 Å². The Hall–Kier alpha value is -3.80. The van der Waals surface area contributed by atoms with Crippen molar-refractivity contribution < 1.29 is 19.1 Å². The molecule has 3 aromatic rings. The quantitative estimate of drug-likeness (QED) is 0.487. The van der Waals surface area contributed by atoms with Crippen molar-refractivity contribution in [1.82, 2.24) is 10.2 Å². The lowest BCUT2D eigenvalue weighted by Gasteiger charge is -2.31. The Labute approximate surface area is 200 Å². The summed E-state index contributed by atoms with van der Waals surface area (Å²) in [5, 5.41) is 3.04. The van der Waals surface area contributed by atoms with E-state index in [1.165, 1.54) is 0 Å². The first-order valence-corrected chi connectivity index (χ1v) is 11.7. The molecule has 0 aromatic heterocycles. The average Bonchev–Trinajstić information content (AvgIpc) is 3.34. The molecule has 0 aliphatic carbocycles. The zero-order valence-corrected chi connectivity index (χ0v) is 19.4. The molecule has 1 aliphatic rings. The van der Waals surface area contributed by atoms with Gasteiger partial charge in [-0.25, -0.2) is 0 Å². The topological polar surface area (TPSA) is 67.9 Å². The van der Waals surface area contributed by atoms with Crippen LogP contribution in [0.1, 0.15) is 36.5 Å². The Morgan fingerprint density at radius 3 is 2.26 bits per heavy atom. The first-order valence-electron chi connectivity index (χ1n) is 11.7. The number of amides is 2. The number of hydrogen-bond donors (Lipinski definition) is 1. The van der Waals surface area contributed by atoms with Crippen molar-refractivity contribution in [2.75, 3.05) is 6.79 Å². The van der Waals surface area contributed by atoms with E-state index in [1.54, 1.807) is 4.90 Å². The minimum absolute atomic E-state index is 0.0227. The molecule has 4 rings (SSSR count). The predicted octanol–water partition coefficient (Wildman–Crippen LogP) is 4.47. The largest absolute Gasteiger partial charge is 0.454 e. The summed E-state index contributed by atoms with van der Waals surface area (Å²) >= 11 is 0. The molecular weight excluding hydrogens is 428 g/mol. The molecule has 0 bridgehead atoms. The Morgan fingerprint density at radius 1 is 0.882 bits per heavy atom. The van der Waals surface area contributed by atoms with E-state index >= 15 is 0 Å². The molecule has 6 heteroatoms. The van der Waals surface area contributed by atoms with Crippen LogP contribution in [-0.2, 0) is 29.1 Å². The molecule has 3 aromatic carbocycles. The van der Waals surface area contributed by atoms with E-state index in [0.29, 0.717) is 37.4 Å². The van der Waals surface area contributed by atoms with E-state index in [-0.39, 0.29) is 18.6 Å². The van der Waals surface area contributed by atoms with Crippen molar-refractivity contribution in [1.29, 1.82) is 0 Å². The molecule has 2 amide bonds. The van der Waals surface area contributed by atoms with Crippen LogP contribution in [0.3, 0.4) is 0 Å². The van der Waals surface area contributed by atoms with E-state index in [2.05, 4.69) is 5.32 Å². The van der Waals surface area contributed by atoms with Crippen molar-refractivity contribution in [2.24, 2.45) is 0 Å². The van der Waals surface area contributed by atoms with Gasteiger partial charge in [-0.15, -0.1) is 0 Å². The van der Waals surface area contributed by atoms with Gasteiger partial charge in [-0.1, -0.05) is 73.7 Å². The van der Waals surface area contributed by atoms with Gasteiger partial charge in [0.2, 0.25) is 18.6 Å². The molecule has 0 unspecified atom stereocenters. The zero-order valence-electron chi connectivity index (χ0n) is 19.4. The first-order chi connectivity index (χ1) is 16.6. The summed E-state index contributed by atoms with van der Waals surface area (Å²) in [6.07, 6.45) is 1.56. The Bertz CT molecular complexity index is 1100. The average molecular weight is 459 g/mol. The fraction of sp³-hybridized carbons (Fsp3) is 0.286. The van der Waals surface area contributed by atoms with Gasteiger partial charge in [0, 0.05) is 25.9 Å². The second-order valence-electron chi connectivity index (χ2n) is 8.37. The third-order valence-electron chi connectivity index (χ3n) is 5.83. The van der Waals surface area contributed by atoms with Crippen molar-refractivity contribution in [3.63, 3.8) is 0 Å². The summed E-state index contributed by atoms with van der Waals surface area (Å²) in [5.74, 6) is 1.18. The van der Waals surface area contributed by atoms with Gasteiger partial charge < -0.3 is 19.7 Å². The van der Waals surface area contributed by atoms with E-state index in [4.69, 9.17) is 9.47 Å². The summed E-state index contributed by atoms with van der Waals surface area (Å²) in [6.45, 7) is 2.90. The van der Waals surface area contributed by atoms with Gasteiger partial charge in [0.05, 0.1) is 0 Å². The van der Waals surface area contributed by atoms with Crippen LogP contribution in [-0.4, -0.2) is 29.5 Å². The van der Waals surface area contributed by atoms with Crippen molar-refractivity contribution in [3.05, 3.63) is 95.6 Å². The minimum atomic E-state index is -0.629. The fourth-order valence-corrected chi connectivity index (χ4v) is 4.05. The highest BCUT2D eigenvalue weighted by atomic mass is 16.7. The Balaban J connectivity index is 1.56. The van der Waals surface area contributed by atoms with Gasteiger partial charge in [0.1, 0.15) is 6.04 Å². The molecule has 1 N–H and O–H groups in total. The maximum atomic E-state index is 13.5. The molecule has 0 saturated carbocycles. The van der Waals surface area contributed by atoms with E-state index in [1.807, 2.05) is 85.8 Å². The van der Waals surface area contributed by atoms with Crippen LogP contribution in [0.25, 0.3) is 0 Å². The van der Waals surface area contributed by atoms with Crippen LogP contribution < -0.4 is 14.8 Å². The van der Waals surface area contributed by atoms with Crippen LogP contribution >= 0.6 is 0 Å². The van der Waals surface area contributed by atoms with Crippen LogP contribution in [0.5, 0.6) is 11.5 Å². The smallest absolute Gasteiger partial charge is 0.243 e. The van der Waals surface area contributed by atoms with Crippen LogP contribution in [0.4, 0.5) is 0 Å². The third-order valence-corrected chi connectivity index (χ3v) is 5.83. The number of benzene rings is 3. The number of nitrogens with one attached hydrogen (secondary N) is 1. The second-order valence-corrected chi connectivity index (χ2v) is 8.37. The summed E-state index contributed by atoms with van der Waals surface area (Å²) in [5.41, 5.74) is 2.91. The van der Waals surface area contributed by atoms with Crippen molar-refractivity contribution in [3.8, 4) is 11.5 Å². The molecular formula is C28H30N2O4. The molecule has 34 heavy (non-hydrogen) atoms. The molecule has 176 valence electrons. The highest BCUT2D eigenvalue weighted by Crippen LogP contribution is 2.32. The summed E-state index contributed by atoms with van der Waals surface area (Å²) < 4.78 is 10.8. The van der Waals surface area contributed by atoms with Gasteiger partial charge in [-0.05, 0) is 35.2 Å². The third kappa shape index (κ3) is 5.95. The maximum absolute atomic E-state index is 13.5. The molecule has 0 saturated heterocycles. The number of carbonyl (C=O) groups excluding carboxylic acids is 2. The second kappa shape index (κ2) is 11.4. The summed E-state index contributed by atoms with van der Waals surface area (Å²) in [6, 6.07) is 24.6. The first kappa shape index (κ1) is 23.4. The molecule has 1 atom stereocenters. The number of hydrogen-bond acceptors (Lipinski definition) is 4. The van der Waals surface area contributed by atoms with E-state index < -0.39 is 6.04 Å². The van der Waals surface area contributed by atoms with Crippen molar-refractivity contribution in [2.45, 2.75) is 45.3 Å². The zero-order chi connectivity index (χ0) is 23.8. The maximum Gasteiger partial charge on any atom is 0.243 e. The van der Waals surface area contributed by atoms with Gasteiger partial charge in [-0.3, -0.25) is 9.59 Å². The predicted molar refractivity (Wildman–Crippen MR) is 130 cm³/mol. The lowest BCUT2D eigenvalue weighted by atomic mass is 10.0. The number of fused-ring (bicyclic) bond motifs is 1. The van der Waals surface area contributed by atoms with Gasteiger partial charge in [0.15, 0.2) is 11.5 Å². The van der Waals surface area contributed by atoms with Crippen LogP contribution in [0, 0.1) is 0 Å². The summed E-state index contributed by atoms with van der Waals surface area (Å²) in [7, 11) is 0. The van der Waals surface area contributed by atoms with E-state index in [9.17, 15) is 9.59 Å². The number of ether oxygens (including phenoxy) is 2. The lowest BCUT2D eigenvalue weighted by Crippen LogP contribution is -2.50. The van der Waals surface area contributed by atoms with Gasteiger partial charge in [-0.2, -0.15) is 0 Å². The standard InChI is InChI=1S/C28H30N2O4/c1-2-9-27(31)30(19-22-12-7-4-8-13-22)24(16-21-10-5-3-6-11-21)28(32)29-18-23-14-15-25-26(17-23)34-20-33-25/h3-8,10-15,17,24H,2,9,16,18-20H2,1H3,(H,29,32)/t24-/m0/s1. The molecule has 1 aliphatic heterocycles. The number of carbonyl (C=O) groups is 2. The normalized spacial score (nSPS) is 12.7. The Kier molecular flexibility index (Phi) is 7.81. The highest BCUT2D eigenvalue weighted by Gasteiger charge is 2.30.